The summed E-state index contributed by atoms with van der Waals surface area (Å²) in [5.41, 5.74) is 4.54. The minimum atomic E-state index is 0.540. The molecule has 0 aliphatic rings. The van der Waals surface area contributed by atoms with E-state index >= 15 is 0 Å². The molecule has 0 spiro atoms. The first-order chi connectivity index (χ1) is 10.3. The van der Waals surface area contributed by atoms with E-state index in [-0.39, 0.29) is 0 Å². The van der Waals surface area contributed by atoms with Crippen LogP contribution in [0.1, 0.15) is 89.0 Å². The van der Waals surface area contributed by atoms with Crippen molar-refractivity contribution in [2.75, 3.05) is 6.54 Å². The number of rotatable bonds is 11. The highest BCUT2D eigenvalue weighted by atomic mass is 14.9. The molecular formula is C20H35N. The Bertz CT molecular complexity index is 383. The summed E-state index contributed by atoms with van der Waals surface area (Å²) in [6, 6.07) is 7.62. The van der Waals surface area contributed by atoms with Crippen LogP contribution < -0.4 is 5.32 Å². The highest BCUT2D eigenvalue weighted by molar-refractivity contribution is 5.34. The van der Waals surface area contributed by atoms with Crippen LogP contribution in [0.4, 0.5) is 0 Å². The van der Waals surface area contributed by atoms with Gasteiger partial charge in [-0.1, -0.05) is 78.0 Å². The van der Waals surface area contributed by atoms with Gasteiger partial charge in [0.25, 0.3) is 0 Å². The zero-order valence-corrected chi connectivity index (χ0v) is 14.7. The number of unbranched alkanes of at least 4 members (excludes halogenated alkanes) is 4. The van der Waals surface area contributed by atoms with Gasteiger partial charge >= 0.3 is 0 Å². The predicted octanol–water partition coefficient (Wildman–Crippen LogP) is 5.82. The zero-order chi connectivity index (χ0) is 15.5. The number of hydrogen-bond acceptors (Lipinski definition) is 1. The number of nitrogens with one attached hydrogen (secondary N) is 1. The molecule has 0 saturated carbocycles. The number of benzene rings is 1. The monoisotopic (exact) mass is 289 g/mol. The van der Waals surface area contributed by atoms with Crippen LogP contribution in [0.25, 0.3) is 0 Å². The summed E-state index contributed by atoms with van der Waals surface area (Å²) >= 11 is 0. The van der Waals surface area contributed by atoms with Gasteiger partial charge < -0.3 is 5.32 Å². The molecule has 21 heavy (non-hydrogen) atoms. The molecule has 1 unspecified atom stereocenters. The van der Waals surface area contributed by atoms with Gasteiger partial charge in [0.05, 0.1) is 0 Å². The van der Waals surface area contributed by atoms with Crippen molar-refractivity contribution in [2.45, 2.75) is 85.1 Å². The largest absolute Gasteiger partial charge is 0.310 e. The standard InChI is InChI=1S/C20H35N/c1-5-9-10-11-12-13-20(21-8-4)19-16-17(6-2)14-15-18(19)7-3/h14-16,20-21H,5-13H2,1-4H3. The molecule has 0 aliphatic heterocycles. The van der Waals surface area contributed by atoms with Crippen LogP contribution in [-0.4, -0.2) is 6.54 Å². The average Bonchev–Trinajstić information content (AvgIpc) is 2.53. The molecule has 0 amide bonds. The fourth-order valence-electron chi connectivity index (χ4n) is 3.08. The third kappa shape index (κ3) is 6.22. The van der Waals surface area contributed by atoms with Crippen LogP contribution >= 0.6 is 0 Å². The average molecular weight is 290 g/mol. The van der Waals surface area contributed by atoms with E-state index in [4.69, 9.17) is 0 Å². The second-order valence-electron chi connectivity index (χ2n) is 6.05. The summed E-state index contributed by atoms with van der Waals surface area (Å²) in [6.07, 6.45) is 10.4. The van der Waals surface area contributed by atoms with Gasteiger partial charge in [-0.25, -0.2) is 0 Å². The summed E-state index contributed by atoms with van der Waals surface area (Å²) in [4.78, 5) is 0. The minimum absolute atomic E-state index is 0.540. The first-order valence-corrected chi connectivity index (χ1v) is 9.11. The molecule has 1 aromatic rings. The summed E-state index contributed by atoms with van der Waals surface area (Å²) in [5, 5.41) is 3.72. The SMILES string of the molecule is CCCCCCCC(NCC)c1cc(CC)ccc1CC. The fraction of sp³-hybridized carbons (Fsp3) is 0.700. The Morgan fingerprint density at radius 3 is 2.29 bits per heavy atom. The smallest absolute Gasteiger partial charge is 0.0322 e. The van der Waals surface area contributed by atoms with Crippen LogP contribution in [0.3, 0.4) is 0 Å². The maximum Gasteiger partial charge on any atom is 0.0322 e. The lowest BCUT2D eigenvalue weighted by molar-refractivity contribution is 0.476. The highest BCUT2D eigenvalue weighted by Gasteiger charge is 2.14. The molecule has 1 N–H and O–H groups in total. The van der Waals surface area contributed by atoms with Crippen LogP contribution in [0.5, 0.6) is 0 Å². The van der Waals surface area contributed by atoms with E-state index in [1.807, 2.05) is 0 Å². The summed E-state index contributed by atoms with van der Waals surface area (Å²) < 4.78 is 0. The molecule has 1 atom stereocenters. The molecule has 1 rings (SSSR count). The Labute approximate surface area is 132 Å². The third-order valence-electron chi connectivity index (χ3n) is 4.42. The van der Waals surface area contributed by atoms with Crippen molar-refractivity contribution in [3.63, 3.8) is 0 Å². The molecule has 0 saturated heterocycles. The van der Waals surface area contributed by atoms with Gasteiger partial charge in [0.15, 0.2) is 0 Å². The molecule has 120 valence electrons. The van der Waals surface area contributed by atoms with Crippen LogP contribution in [0, 0.1) is 0 Å². The molecule has 1 aromatic carbocycles. The maximum absolute atomic E-state index is 3.72. The molecule has 0 heterocycles. The third-order valence-corrected chi connectivity index (χ3v) is 4.42. The van der Waals surface area contributed by atoms with Gasteiger partial charge in [-0.3, -0.25) is 0 Å². The van der Waals surface area contributed by atoms with E-state index < -0.39 is 0 Å². The quantitative estimate of drug-likeness (QED) is 0.506. The summed E-state index contributed by atoms with van der Waals surface area (Å²) in [7, 11) is 0. The Morgan fingerprint density at radius 1 is 0.905 bits per heavy atom. The van der Waals surface area contributed by atoms with E-state index in [2.05, 4.69) is 51.2 Å². The predicted molar refractivity (Wildman–Crippen MR) is 95.0 cm³/mol. The van der Waals surface area contributed by atoms with Crippen LogP contribution in [-0.2, 0) is 12.8 Å². The normalized spacial score (nSPS) is 12.6. The van der Waals surface area contributed by atoms with E-state index in [1.165, 1.54) is 49.7 Å². The van der Waals surface area contributed by atoms with Crippen molar-refractivity contribution in [3.05, 3.63) is 34.9 Å². The maximum atomic E-state index is 3.72. The van der Waals surface area contributed by atoms with E-state index in [0.29, 0.717) is 6.04 Å². The topological polar surface area (TPSA) is 12.0 Å². The molecule has 0 bridgehead atoms. The first kappa shape index (κ1) is 18.2. The molecule has 0 fully saturated rings. The summed E-state index contributed by atoms with van der Waals surface area (Å²) in [6.45, 7) is 10.1. The van der Waals surface area contributed by atoms with Crippen molar-refractivity contribution in [3.8, 4) is 0 Å². The van der Waals surface area contributed by atoms with Gasteiger partial charge in [-0.2, -0.15) is 0 Å². The summed E-state index contributed by atoms with van der Waals surface area (Å²) in [5.74, 6) is 0. The molecule has 1 nitrogen and oxygen atoms in total. The fourth-order valence-corrected chi connectivity index (χ4v) is 3.08. The first-order valence-electron chi connectivity index (χ1n) is 9.11. The van der Waals surface area contributed by atoms with Crippen molar-refractivity contribution in [1.82, 2.24) is 5.32 Å². The Kier molecular flexibility index (Phi) is 9.41. The Balaban J connectivity index is 2.73. The van der Waals surface area contributed by atoms with Crippen molar-refractivity contribution < 1.29 is 0 Å². The highest BCUT2D eigenvalue weighted by Crippen LogP contribution is 2.25. The Hall–Kier alpha value is -0.820. The van der Waals surface area contributed by atoms with Gasteiger partial charge in [0.2, 0.25) is 0 Å². The van der Waals surface area contributed by atoms with Crippen molar-refractivity contribution in [1.29, 1.82) is 0 Å². The second kappa shape index (κ2) is 10.8. The second-order valence-corrected chi connectivity index (χ2v) is 6.05. The van der Waals surface area contributed by atoms with Gasteiger partial charge in [-0.05, 0) is 42.5 Å². The molecule has 1 heteroatoms. The van der Waals surface area contributed by atoms with Crippen molar-refractivity contribution >= 4 is 0 Å². The molecular weight excluding hydrogens is 254 g/mol. The molecule has 0 aromatic heterocycles. The number of hydrogen-bond donors (Lipinski definition) is 1. The number of aryl methyl sites for hydroxylation is 2. The van der Waals surface area contributed by atoms with E-state index in [9.17, 15) is 0 Å². The van der Waals surface area contributed by atoms with Gasteiger partial charge in [0.1, 0.15) is 0 Å². The van der Waals surface area contributed by atoms with Crippen LogP contribution in [0.15, 0.2) is 18.2 Å². The lowest BCUT2D eigenvalue weighted by Gasteiger charge is -2.22. The zero-order valence-electron chi connectivity index (χ0n) is 14.7. The van der Waals surface area contributed by atoms with Crippen molar-refractivity contribution in [2.24, 2.45) is 0 Å². The van der Waals surface area contributed by atoms with Gasteiger partial charge in [-0.15, -0.1) is 0 Å². The Morgan fingerprint density at radius 2 is 1.67 bits per heavy atom. The lowest BCUT2D eigenvalue weighted by atomic mass is 9.92. The minimum Gasteiger partial charge on any atom is -0.310 e. The van der Waals surface area contributed by atoms with Crippen LogP contribution in [0.2, 0.25) is 0 Å². The lowest BCUT2D eigenvalue weighted by Crippen LogP contribution is -2.22. The van der Waals surface area contributed by atoms with E-state index in [1.54, 1.807) is 5.56 Å². The molecule has 0 aliphatic carbocycles. The van der Waals surface area contributed by atoms with Gasteiger partial charge in [0, 0.05) is 6.04 Å². The molecule has 0 radical (unpaired) electrons. The van der Waals surface area contributed by atoms with E-state index in [0.717, 1.165) is 19.4 Å².